The third kappa shape index (κ3) is 3.34. The minimum atomic E-state index is -0.337. The summed E-state index contributed by atoms with van der Waals surface area (Å²) < 4.78 is 0.543. The van der Waals surface area contributed by atoms with Crippen LogP contribution in [0.5, 0.6) is 0 Å². The summed E-state index contributed by atoms with van der Waals surface area (Å²) in [5, 5.41) is 11.0. The first-order valence-corrected chi connectivity index (χ1v) is 7.47. The molecule has 0 radical (unpaired) electrons. The van der Waals surface area contributed by atoms with Gasteiger partial charge in [0, 0.05) is 24.7 Å². The summed E-state index contributed by atoms with van der Waals surface area (Å²) in [7, 11) is 0. The molecule has 1 aliphatic heterocycles. The molecule has 1 aliphatic rings. The van der Waals surface area contributed by atoms with Crippen molar-refractivity contribution in [2.75, 3.05) is 0 Å². The summed E-state index contributed by atoms with van der Waals surface area (Å²) in [5.41, 5.74) is 1.16. The Morgan fingerprint density at radius 3 is 2.58 bits per heavy atom. The van der Waals surface area contributed by atoms with Gasteiger partial charge in [0.05, 0.1) is 9.40 Å². The van der Waals surface area contributed by atoms with Crippen molar-refractivity contribution in [2.24, 2.45) is 0 Å². The highest BCUT2D eigenvalue weighted by Gasteiger charge is 2.25. The van der Waals surface area contributed by atoms with Gasteiger partial charge < -0.3 is 0 Å². The van der Waals surface area contributed by atoms with Crippen molar-refractivity contribution in [3.63, 3.8) is 0 Å². The highest BCUT2D eigenvalue weighted by molar-refractivity contribution is 9.10. The fraction of sp³-hybridized carbons (Fsp3) is 0.571. The lowest BCUT2D eigenvalue weighted by Crippen LogP contribution is -2.42. The number of halogens is 1. The number of nitrogens with zero attached hydrogens (tertiary/aromatic N) is 2. The van der Waals surface area contributed by atoms with Gasteiger partial charge in [-0.25, -0.2) is 0 Å². The van der Waals surface area contributed by atoms with Crippen LogP contribution >= 0.6 is 15.9 Å². The summed E-state index contributed by atoms with van der Waals surface area (Å²) >= 11 is 3.22. The largest absolute Gasteiger partial charge is 0.294 e. The number of likely N-dealkylation sites (tertiary alicyclic amines) is 1. The van der Waals surface area contributed by atoms with Crippen LogP contribution in [0, 0.1) is 10.1 Å². The summed E-state index contributed by atoms with van der Waals surface area (Å²) in [6, 6.07) is 6.51. The third-order valence-corrected chi connectivity index (χ3v) is 4.62. The molecule has 0 spiro atoms. The third-order valence-electron chi connectivity index (χ3n) is 3.95. The van der Waals surface area contributed by atoms with Gasteiger partial charge in [0.2, 0.25) is 0 Å². The summed E-state index contributed by atoms with van der Waals surface area (Å²) in [5.74, 6) is 0. The van der Waals surface area contributed by atoms with E-state index in [2.05, 4.69) is 34.7 Å². The van der Waals surface area contributed by atoms with E-state index in [1.807, 2.05) is 6.07 Å². The van der Waals surface area contributed by atoms with Gasteiger partial charge in [-0.2, -0.15) is 0 Å². The number of rotatable bonds is 3. The molecule has 4 nitrogen and oxygen atoms in total. The lowest BCUT2D eigenvalue weighted by molar-refractivity contribution is -0.385. The van der Waals surface area contributed by atoms with Gasteiger partial charge in [-0.15, -0.1) is 0 Å². The van der Waals surface area contributed by atoms with Gasteiger partial charge in [-0.05, 0) is 54.2 Å². The van der Waals surface area contributed by atoms with Crippen molar-refractivity contribution in [3.8, 4) is 0 Å². The zero-order valence-corrected chi connectivity index (χ0v) is 12.9. The molecule has 1 heterocycles. The first-order chi connectivity index (χ1) is 8.99. The predicted octanol–water partition coefficient (Wildman–Crippen LogP) is 4.12. The van der Waals surface area contributed by atoms with Crippen molar-refractivity contribution >= 4 is 21.6 Å². The fourth-order valence-corrected chi connectivity index (χ4v) is 3.19. The molecular formula is C14H19BrN2O2. The maximum Gasteiger partial charge on any atom is 0.283 e. The van der Waals surface area contributed by atoms with Crippen molar-refractivity contribution in [1.82, 2.24) is 4.90 Å². The number of piperidine rings is 1. The molecule has 0 unspecified atom stereocenters. The van der Waals surface area contributed by atoms with Crippen LogP contribution in [0.4, 0.5) is 5.69 Å². The van der Waals surface area contributed by atoms with Crippen LogP contribution in [-0.4, -0.2) is 21.9 Å². The quantitative estimate of drug-likeness (QED) is 0.620. The van der Waals surface area contributed by atoms with Crippen LogP contribution in [0.15, 0.2) is 22.7 Å². The van der Waals surface area contributed by atoms with Crippen LogP contribution in [0.1, 0.15) is 38.7 Å². The van der Waals surface area contributed by atoms with Gasteiger partial charge in [0.15, 0.2) is 0 Å². The maximum atomic E-state index is 11.0. The Balaban J connectivity index is 2.18. The molecule has 0 saturated carbocycles. The topological polar surface area (TPSA) is 46.4 Å². The van der Waals surface area contributed by atoms with Crippen LogP contribution in [0.25, 0.3) is 0 Å². The summed E-state index contributed by atoms with van der Waals surface area (Å²) in [6.07, 6.45) is 3.70. The fourth-order valence-electron chi connectivity index (χ4n) is 2.79. The van der Waals surface area contributed by atoms with E-state index in [-0.39, 0.29) is 10.6 Å². The van der Waals surface area contributed by atoms with E-state index < -0.39 is 0 Å². The molecule has 5 heteroatoms. The summed E-state index contributed by atoms with van der Waals surface area (Å²) in [4.78, 5) is 13.1. The predicted molar refractivity (Wildman–Crippen MR) is 79.1 cm³/mol. The van der Waals surface area contributed by atoms with Gasteiger partial charge in [0.25, 0.3) is 5.69 Å². The first-order valence-electron chi connectivity index (χ1n) is 6.67. The Kier molecular flexibility index (Phi) is 4.58. The molecule has 0 N–H and O–H groups in total. The highest BCUT2D eigenvalue weighted by atomic mass is 79.9. The van der Waals surface area contributed by atoms with E-state index in [1.165, 1.54) is 19.3 Å². The molecule has 2 atom stereocenters. The van der Waals surface area contributed by atoms with Gasteiger partial charge >= 0.3 is 0 Å². The molecule has 104 valence electrons. The highest BCUT2D eigenvalue weighted by Crippen LogP contribution is 2.29. The molecule has 0 bridgehead atoms. The van der Waals surface area contributed by atoms with E-state index in [0.29, 0.717) is 16.6 Å². The molecule has 1 aromatic rings. The van der Waals surface area contributed by atoms with Gasteiger partial charge in [0.1, 0.15) is 0 Å². The molecule has 0 aliphatic carbocycles. The van der Waals surface area contributed by atoms with Crippen molar-refractivity contribution in [3.05, 3.63) is 38.3 Å². The van der Waals surface area contributed by atoms with E-state index in [0.717, 1.165) is 12.1 Å². The standard InChI is InChI=1S/C14H19BrN2O2/c1-10-4-3-5-11(2)16(10)9-12-6-7-13(15)14(8-12)17(18)19/h6-8,10-11H,3-5,9H2,1-2H3/t10-,11+. The Morgan fingerprint density at radius 2 is 2.00 bits per heavy atom. The minimum absolute atomic E-state index is 0.148. The van der Waals surface area contributed by atoms with E-state index in [9.17, 15) is 10.1 Å². The SMILES string of the molecule is C[C@@H]1CCC[C@H](C)N1Cc1ccc(Br)c([N+](=O)[O-])c1. The molecule has 2 rings (SSSR count). The smallest absolute Gasteiger partial charge is 0.283 e. The Morgan fingerprint density at radius 1 is 1.37 bits per heavy atom. The second-order valence-electron chi connectivity index (χ2n) is 5.34. The zero-order chi connectivity index (χ0) is 14.0. The van der Waals surface area contributed by atoms with Crippen molar-refractivity contribution < 1.29 is 4.92 Å². The molecule has 1 saturated heterocycles. The average molecular weight is 327 g/mol. The van der Waals surface area contributed by atoms with Crippen molar-refractivity contribution in [1.29, 1.82) is 0 Å². The van der Waals surface area contributed by atoms with E-state index in [1.54, 1.807) is 12.1 Å². The van der Waals surface area contributed by atoms with Crippen LogP contribution in [0.2, 0.25) is 0 Å². The lowest BCUT2D eigenvalue weighted by atomic mass is 9.96. The Labute approximate surface area is 122 Å². The average Bonchev–Trinajstić information content (AvgIpc) is 2.35. The number of benzene rings is 1. The first kappa shape index (κ1) is 14.5. The normalized spacial score (nSPS) is 24.4. The Bertz CT molecular complexity index is 469. The van der Waals surface area contributed by atoms with Crippen molar-refractivity contribution in [2.45, 2.75) is 51.7 Å². The van der Waals surface area contributed by atoms with E-state index in [4.69, 9.17) is 0 Å². The van der Waals surface area contributed by atoms with E-state index >= 15 is 0 Å². The number of nitro groups is 1. The van der Waals surface area contributed by atoms with Crippen LogP contribution in [-0.2, 0) is 6.54 Å². The van der Waals surface area contributed by atoms with Crippen LogP contribution < -0.4 is 0 Å². The molecule has 1 aromatic carbocycles. The van der Waals surface area contributed by atoms with Crippen LogP contribution in [0.3, 0.4) is 0 Å². The minimum Gasteiger partial charge on any atom is -0.294 e. The molecule has 1 fully saturated rings. The van der Waals surface area contributed by atoms with Gasteiger partial charge in [-0.1, -0.05) is 12.5 Å². The molecular weight excluding hydrogens is 308 g/mol. The number of nitro benzene ring substituents is 1. The second kappa shape index (κ2) is 6.01. The maximum absolute atomic E-state index is 11.0. The lowest BCUT2D eigenvalue weighted by Gasteiger charge is -2.39. The molecule has 19 heavy (non-hydrogen) atoms. The van der Waals surface area contributed by atoms with Gasteiger partial charge in [-0.3, -0.25) is 15.0 Å². The summed E-state index contributed by atoms with van der Waals surface area (Å²) in [6.45, 7) is 5.27. The Hall–Kier alpha value is -0.940. The number of hydrogen-bond acceptors (Lipinski definition) is 3. The second-order valence-corrected chi connectivity index (χ2v) is 6.20. The molecule has 0 aromatic heterocycles. The zero-order valence-electron chi connectivity index (χ0n) is 11.3. The number of hydrogen-bond donors (Lipinski definition) is 0. The monoisotopic (exact) mass is 326 g/mol. The molecule has 0 amide bonds.